The van der Waals surface area contributed by atoms with E-state index >= 15 is 0 Å². The van der Waals surface area contributed by atoms with Crippen LogP contribution in [-0.2, 0) is 14.5 Å². The molecule has 0 saturated heterocycles. The van der Waals surface area contributed by atoms with Gasteiger partial charge in [-0.1, -0.05) is 13.3 Å². The number of aliphatic carboxylic acids is 1. The van der Waals surface area contributed by atoms with E-state index in [1.807, 2.05) is 6.92 Å². The van der Waals surface area contributed by atoms with Gasteiger partial charge in [0.2, 0.25) is 0 Å². The first-order valence-electron chi connectivity index (χ1n) is 4.61. The maximum atomic E-state index is 11.5. The third-order valence-electron chi connectivity index (χ3n) is 1.90. The van der Waals surface area contributed by atoms with Gasteiger partial charge in [0.05, 0.1) is 0 Å². The van der Waals surface area contributed by atoms with Gasteiger partial charge in [-0.05, 0) is 12.8 Å². The zero-order valence-electron chi connectivity index (χ0n) is 8.36. The summed E-state index contributed by atoms with van der Waals surface area (Å²) in [4.78, 5) is 10.4. The fourth-order valence-electron chi connectivity index (χ4n) is 0.920. The number of carboxylic acid groups (broad SMARTS) is 1. The van der Waals surface area contributed by atoms with Crippen LogP contribution in [0, 0.1) is 4.78 Å². The number of nitrogens with two attached hydrogens (primary N) is 1. The highest BCUT2D eigenvalue weighted by atomic mass is 32.2. The first-order chi connectivity index (χ1) is 6.39. The van der Waals surface area contributed by atoms with Gasteiger partial charge >= 0.3 is 5.97 Å². The van der Waals surface area contributed by atoms with Crippen LogP contribution in [0.5, 0.6) is 0 Å². The van der Waals surface area contributed by atoms with Crippen molar-refractivity contribution in [1.29, 1.82) is 4.78 Å². The van der Waals surface area contributed by atoms with Crippen molar-refractivity contribution in [3.63, 3.8) is 0 Å². The normalized spacial score (nSPS) is 17.3. The van der Waals surface area contributed by atoms with Gasteiger partial charge in [-0.25, -0.2) is 4.21 Å². The number of hydrogen-bond acceptors (Lipinski definition) is 4. The average Bonchev–Trinajstić information content (AvgIpc) is 2.11. The molecule has 84 valence electrons. The molecular formula is C8H18N2O3S. The highest BCUT2D eigenvalue weighted by molar-refractivity contribution is 7.92. The molecule has 0 bridgehead atoms. The fourth-order valence-corrected chi connectivity index (χ4v) is 2.51. The van der Waals surface area contributed by atoms with Gasteiger partial charge < -0.3 is 10.8 Å². The van der Waals surface area contributed by atoms with Crippen LogP contribution in [0.15, 0.2) is 0 Å². The highest BCUT2D eigenvalue weighted by Crippen LogP contribution is 2.02. The second kappa shape index (κ2) is 5.98. The number of rotatable bonds is 7. The van der Waals surface area contributed by atoms with Gasteiger partial charge in [0.1, 0.15) is 6.04 Å². The summed E-state index contributed by atoms with van der Waals surface area (Å²) in [5.41, 5.74) is 5.24. The van der Waals surface area contributed by atoms with Crippen LogP contribution < -0.4 is 5.73 Å². The molecule has 4 N–H and O–H groups in total. The van der Waals surface area contributed by atoms with E-state index in [9.17, 15) is 9.00 Å². The molecular weight excluding hydrogens is 204 g/mol. The summed E-state index contributed by atoms with van der Waals surface area (Å²) in [6.07, 6.45) is 1.74. The van der Waals surface area contributed by atoms with E-state index in [2.05, 4.69) is 0 Å². The van der Waals surface area contributed by atoms with Crippen molar-refractivity contribution in [1.82, 2.24) is 0 Å². The summed E-state index contributed by atoms with van der Waals surface area (Å²) >= 11 is 0. The van der Waals surface area contributed by atoms with Gasteiger partial charge in [0.25, 0.3) is 0 Å². The maximum Gasteiger partial charge on any atom is 0.320 e. The van der Waals surface area contributed by atoms with Crippen molar-refractivity contribution in [2.24, 2.45) is 5.73 Å². The van der Waals surface area contributed by atoms with Crippen molar-refractivity contribution in [2.45, 2.75) is 32.2 Å². The Bertz CT molecular complexity index is 274. The first-order valence-corrected chi connectivity index (χ1v) is 6.51. The first kappa shape index (κ1) is 13.4. The standard InChI is InChI=1S/C8H18N2O3S/c1-2-3-5-14(10,13)6-4-7(9)8(11)12/h7,10H,2-6,9H2,1H3,(H,11,12)/t7-,14+/m0/s1. The number of carbonyl (C=O) groups is 1. The molecule has 0 aliphatic heterocycles. The quantitative estimate of drug-likeness (QED) is 0.587. The van der Waals surface area contributed by atoms with E-state index in [1.54, 1.807) is 0 Å². The van der Waals surface area contributed by atoms with E-state index in [4.69, 9.17) is 15.6 Å². The van der Waals surface area contributed by atoms with Gasteiger partial charge in [-0.2, -0.15) is 0 Å². The smallest absolute Gasteiger partial charge is 0.320 e. The molecule has 0 heterocycles. The zero-order chi connectivity index (χ0) is 11.2. The molecule has 0 fully saturated rings. The molecule has 0 saturated carbocycles. The average molecular weight is 222 g/mol. The van der Waals surface area contributed by atoms with Gasteiger partial charge in [-0.15, -0.1) is 0 Å². The summed E-state index contributed by atoms with van der Waals surface area (Å²) in [6.45, 7) is 1.96. The van der Waals surface area contributed by atoms with Crippen molar-refractivity contribution < 1.29 is 14.1 Å². The van der Waals surface area contributed by atoms with E-state index in [-0.39, 0.29) is 12.2 Å². The predicted molar refractivity (Wildman–Crippen MR) is 55.7 cm³/mol. The second-order valence-corrected chi connectivity index (χ2v) is 5.75. The van der Waals surface area contributed by atoms with Crippen LogP contribution >= 0.6 is 0 Å². The summed E-state index contributed by atoms with van der Waals surface area (Å²) in [7, 11) is -2.62. The number of unbranched alkanes of at least 4 members (excludes halogenated alkanes) is 1. The molecule has 0 aromatic rings. The van der Waals surface area contributed by atoms with Crippen LogP contribution in [0.3, 0.4) is 0 Å². The second-order valence-electron chi connectivity index (χ2n) is 3.31. The summed E-state index contributed by atoms with van der Waals surface area (Å²) in [5.74, 6) is -0.674. The van der Waals surface area contributed by atoms with E-state index in [0.29, 0.717) is 5.75 Å². The van der Waals surface area contributed by atoms with Gasteiger partial charge in [0, 0.05) is 21.2 Å². The molecule has 0 aliphatic carbocycles. The molecule has 0 aromatic carbocycles. The SMILES string of the molecule is CCCC[S@@](=N)(=O)CC[C@H](N)C(=O)O. The van der Waals surface area contributed by atoms with Crippen molar-refractivity contribution in [3.05, 3.63) is 0 Å². The van der Waals surface area contributed by atoms with Crippen LogP contribution in [0.4, 0.5) is 0 Å². The Labute approximate surface area is 84.7 Å². The Morgan fingerprint density at radius 2 is 2.14 bits per heavy atom. The van der Waals surface area contributed by atoms with Crippen LogP contribution in [-0.4, -0.2) is 32.8 Å². The molecule has 14 heavy (non-hydrogen) atoms. The van der Waals surface area contributed by atoms with Crippen LogP contribution in [0.1, 0.15) is 26.2 Å². The Hall–Kier alpha value is -0.620. The number of carboxylic acids is 1. The molecule has 0 unspecified atom stereocenters. The third kappa shape index (κ3) is 5.93. The highest BCUT2D eigenvalue weighted by Gasteiger charge is 2.14. The van der Waals surface area contributed by atoms with Crippen molar-refractivity contribution >= 4 is 15.7 Å². The lowest BCUT2D eigenvalue weighted by Gasteiger charge is -2.08. The lowest BCUT2D eigenvalue weighted by Crippen LogP contribution is -2.32. The van der Waals surface area contributed by atoms with Gasteiger partial charge in [-0.3, -0.25) is 9.57 Å². The minimum Gasteiger partial charge on any atom is -0.480 e. The van der Waals surface area contributed by atoms with E-state index in [0.717, 1.165) is 12.8 Å². The molecule has 0 radical (unpaired) electrons. The molecule has 0 aromatic heterocycles. The minimum absolute atomic E-state index is 0.0838. The summed E-state index contributed by atoms with van der Waals surface area (Å²) in [5, 5.41) is 8.48. The van der Waals surface area contributed by atoms with E-state index in [1.165, 1.54) is 0 Å². The topological polar surface area (TPSA) is 104 Å². The molecule has 0 rings (SSSR count). The monoisotopic (exact) mass is 222 g/mol. The molecule has 0 spiro atoms. The van der Waals surface area contributed by atoms with Crippen LogP contribution in [0.25, 0.3) is 0 Å². The predicted octanol–water partition coefficient (Wildman–Crippen LogP) is 0.635. The molecule has 2 atom stereocenters. The van der Waals surface area contributed by atoms with E-state index < -0.39 is 21.7 Å². The largest absolute Gasteiger partial charge is 0.480 e. The summed E-state index contributed by atoms with van der Waals surface area (Å²) < 4.78 is 18.9. The van der Waals surface area contributed by atoms with Crippen LogP contribution in [0.2, 0.25) is 0 Å². The maximum absolute atomic E-state index is 11.5. The molecule has 0 amide bonds. The van der Waals surface area contributed by atoms with Gasteiger partial charge in [0.15, 0.2) is 0 Å². The summed E-state index contributed by atoms with van der Waals surface area (Å²) in [6, 6.07) is -0.997. The Morgan fingerprint density at radius 3 is 2.57 bits per heavy atom. The fraction of sp³-hybridized carbons (Fsp3) is 0.875. The Kier molecular flexibility index (Phi) is 5.71. The molecule has 0 aliphatic rings. The Morgan fingerprint density at radius 1 is 1.57 bits per heavy atom. The molecule has 6 heteroatoms. The molecule has 5 nitrogen and oxygen atoms in total. The van der Waals surface area contributed by atoms with Crippen molar-refractivity contribution in [3.8, 4) is 0 Å². The zero-order valence-corrected chi connectivity index (χ0v) is 9.18. The number of hydrogen-bond donors (Lipinski definition) is 3. The minimum atomic E-state index is -2.62. The third-order valence-corrected chi connectivity index (χ3v) is 3.75. The number of nitrogens with one attached hydrogen (secondary N) is 1. The van der Waals surface area contributed by atoms with Crippen molar-refractivity contribution in [2.75, 3.05) is 11.5 Å². The lowest BCUT2D eigenvalue weighted by molar-refractivity contribution is -0.138. The lowest BCUT2D eigenvalue weighted by atomic mass is 10.2. The Balaban J connectivity index is 3.93.